The lowest BCUT2D eigenvalue weighted by Gasteiger charge is -2.34. The molecule has 0 spiro atoms. The number of nitrogen functional groups attached to an aromatic ring is 1. The van der Waals surface area contributed by atoms with Gasteiger partial charge in [-0.2, -0.15) is 0 Å². The van der Waals surface area contributed by atoms with Crippen LogP contribution >= 0.6 is 11.3 Å². The number of nitrogens with one attached hydrogen (secondary N) is 1. The van der Waals surface area contributed by atoms with Crippen molar-refractivity contribution in [2.45, 2.75) is 25.4 Å². The van der Waals surface area contributed by atoms with Crippen molar-refractivity contribution in [2.75, 3.05) is 32.6 Å². The summed E-state index contributed by atoms with van der Waals surface area (Å²) in [6.07, 6.45) is 2.46. The first-order valence-corrected chi connectivity index (χ1v) is 6.68. The van der Waals surface area contributed by atoms with Crippen molar-refractivity contribution in [2.24, 2.45) is 5.84 Å². The second-order valence-electron chi connectivity index (χ2n) is 4.59. The van der Waals surface area contributed by atoms with E-state index in [9.17, 15) is 0 Å². The summed E-state index contributed by atoms with van der Waals surface area (Å²) in [4.78, 5) is 4.75. The van der Waals surface area contributed by atoms with Crippen LogP contribution in [-0.2, 0) is 6.54 Å². The molecule has 0 bridgehead atoms. The van der Waals surface area contributed by atoms with Crippen molar-refractivity contribution < 1.29 is 0 Å². The van der Waals surface area contributed by atoms with E-state index in [1.54, 1.807) is 0 Å². The van der Waals surface area contributed by atoms with Gasteiger partial charge < -0.3 is 4.90 Å². The molecule has 2 heterocycles. The minimum absolute atomic E-state index is 0.657. The molecular formula is C10H20N6S. The zero-order valence-corrected chi connectivity index (χ0v) is 11.2. The Hall–Kier alpha value is -0.760. The Morgan fingerprint density at radius 3 is 2.76 bits per heavy atom. The third-order valence-electron chi connectivity index (χ3n) is 3.29. The molecule has 0 unspecified atom stereocenters. The van der Waals surface area contributed by atoms with Gasteiger partial charge in [0.15, 0.2) is 0 Å². The van der Waals surface area contributed by atoms with Gasteiger partial charge in [0.05, 0.1) is 6.54 Å². The monoisotopic (exact) mass is 256 g/mol. The fourth-order valence-electron chi connectivity index (χ4n) is 2.15. The largest absolute Gasteiger partial charge is 0.306 e. The highest BCUT2D eigenvalue weighted by Gasteiger charge is 2.21. The Bertz CT molecular complexity index is 346. The minimum atomic E-state index is 0.657. The molecule has 0 aromatic carbocycles. The number of piperidine rings is 1. The topological polar surface area (TPSA) is 70.3 Å². The van der Waals surface area contributed by atoms with E-state index in [0.29, 0.717) is 11.2 Å². The standard InChI is InChI=1S/C10H20N6S/c1-15-5-3-8(4-6-15)16(2)7-9-13-14-10(12-11)17-9/h8H,3-7,11H2,1-2H3,(H,12,14). The molecule has 0 amide bonds. The van der Waals surface area contributed by atoms with E-state index in [-0.39, 0.29) is 0 Å². The lowest BCUT2D eigenvalue weighted by atomic mass is 10.0. The molecule has 1 aliphatic rings. The van der Waals surface area contributed by atoms with Crippen molar-refractivity contribution in [1.82, 2.24) is 20.0 Å². The molecule has 3 N–H and O–H groups in total. The summed E-state index contributed by atoms with van der Waals surface area (Å²) in [7, 11) is 4.34. The molecule has 0 saturated carbocycles. The summed E-state index contributed by atoms with van der Waals surface area (Å²) in [6, 6.07) is 0.657. The Morgan fingerprint density at radius 2 is 2.18 bits per heavy atom. The lowest BCUT2D eigenvalue weighted by Crippen LogP contribution is -2.41. The molecule has 1 aromatic heterocycles. The van der Waals surface area contributed by atoms with Gasteiger partial charge in [-0.05, 0) is 40.0 Å². The zero-order valence-electron chi connectivity index (χ0n) is 10.4. The number of hydrogen-bond donors (Lipinski definition) is 2. The molecule has 7 heteroatoms. The summed E-state index contributed by atoms with van der Waals surface area (Å²) >= 11 is 1.52. The summed E-state index contributed by atoms with van der Waals surface area (Å²) in [5.41, 5.74) is 2.53. The van der Waals surface area contributed by atoms with Gasteiger partial charge in [0.25, 0.3) is 0 Å². The maximum atomic E-state index is 5.29. The average Bonchev–Trinajstić information content (AvgIpc) is 2.77. The molecular weight excluding hydrogens is 236 g/mol. The molecule has 1 aliphatic heterocycles. The van der Waals surface area contributed by atoms with Crippen molar-refractivity contribution in [3.8, 4) is 0 Å². The highest BCUT2D eigenvalue weighted by molar-refractivity contribution is 7.15. The van der Waals surface area contributed by atoms with Crippen LogP contribution in [0.1, 0.15) is 17.8 Å². The van der Waals surface area contributed by atoms with Crippen LogP contribution in [0.5, 0.6) is 0 Å². The Labute approximate surface area is 106 Å². The van der Waals surface area contributed by atoms with Crippen LogP contribution in [0.2, 0.25) is 0 Å². The van der Waals surface area contributed by atoms with E-state index in [0.717, 1.165) is 11.6 Å². The molecule has 17 heavy (non-hydrogen) atoms. The van der Waals surface area contributed by atoms with E-state index in [2.05, 4.69) is 39.5 Å². The first-order chi connectivity index (χ1) is 8.19. The molecule has 1 aromatic rings. The Balaban J connectivity index is 1.85. The van der Waals surface area contributed by atoms with Crippen molar-refractivity contribution >= 4 is 16.5 Å². The number of nitrogens with two attached hydrogens (primary N) is 1. The maximum absolute atomic E-state index is 5.29. The summed E-state index contributed by atoms with van der Waals surface area (Å²) in [5, 5.41) is 9.74. The predicted octanol–water partition coefficient (Wildman–Crippen LogP) is 0.350. The zero-order chi connectivity index (χ0) is 12.3. The summed E-state index contributed by atoms with van der Waals surface area (Å²) in [5.74, 6) is 5.29. The summed E-state index contributed by atoms with van der Waals surface area (Å²) in [6.45, 7) is 3.22. The van der Waals surface area contributed by atoms with Gasteiger partial charge in [-0.3, -0.25) is 10.3 Å². The van der Waals surface area contributed by atoms with E-state index < -0.39 is 0 Å². The molecule has 0 atom stereocenters. The van der Waals surface area contributed by atoms with Crippen molar-refractivity contribution in [3.63, 3.8) is 0 Å². The van der Waals surface area contributed by atoms with Crippen LogP contribution in [0, 0.1) is 0 Å². The smallest absolute Gasteiger partial charge is 0.219 e. The number of aromatic nitrogens is 2. The fourth-order valence-corrected chi connectivity index (χ4v) is 2.87. The Kier molecular flexibility index (Phi) is 4.27. The third kappa shape index (κ3) is 3.35. The minimum Gasteiger partial charge on any atom is -0.306 e. The van der Waals surface area contributed by atoms with E-state index in [1.165, 1.54) is 37.3 Å². The quantitative estimate of drug-likeness (QED) is 0.598. The molecule has 2 rings (SSSR count). The SMILES string of the molecule is CN1CCC(N(C)Cc2nnc(NN)s2)CC1. The molecule has 1 saturated heterocycles. The van der Waals surface area contributed by atoms with Gasteiger partial charge in [0, 0.05) is 6.04 Å². The second kappa shape index (κ2) is 5.72. The number of hydrazine groups is 1. The predicted molar refractivity (Wildman–Crippen MR) is 69.7 cm³/mol. The average molecular weight is 256 g/mol. The van der Waals surface area contributed by atoms with Crippen LogP contribution in [0.4, 0.5) is 5.13 Å². The van der Waals surface area contributed by atoms with Crippen LogP contribution in [-0.4, -0.2) is 53.2 Å². The van der Waals surface area contributed by atoms with Gasteiger partial charge in [-0.15, -0.1) is 10.2 Å². The molecule has 1 fully saturated rings. The van der Waals surface area contributed by atoms with Gasteiger partial charge in [-0.25, -0.2) is 5.84 Å². The van der Waals surface area contributed by atoms with Crippen molar-refractivity contribution in [1.29, 1.82) is 0 Å². The third-order valence-corrected chi connectivity index (χ3v) is 4.13. The van der Waals surface area contributed by atoms with E-state index in [1.807, 2.05) is 0 Å². The second-order valence-corrected chi connectivity index (χ2v) is 5.66. The van der Waals surface area contributed by atoms with Gasteiger partial charge in [0.2, 0.25) is 5.13 Å². The number of hydrogen-bond acceptors (Lipinski definition) is 7. The highest BCUT2D eigenvalue weighted by Crippen LogP contribution is 2.19. The van der Waals surface area contributed by atoms with Crippen LogP contribution < -0.4 is 11.3 Å². The van der Waals surface area contributed by atoms with Crippen LogP contribution in [0.25, 0.3) is 0 Å². The highest BCUT2D eigenvalue weighted by atomic mass is 32.1. The van der Waals surface area contributed by atoms with Crippen LogP contribution in [0.15, 0.2) is 0 Å². The molecule has 96 valence electrons. The van der Waals surface area contributed by atoms with Crippen molar-refractivity contribution in [3.05, 3.63) is 5.01 Å². The first-order valence-electron chi connectivity index (χ1n) is 5.87. The van der Waals surface area contributed by atoms with E-state index in [4.69, 9.17) is 5.84 Å². The summed E-state index contributed by atoms with van der Waals surface area (Å²) < 4.78 is 0. The molecule has 0 radical (unpaired) electrons. The fraction of sp³-hybridized carbons (Fsp3) is 0.800. The van der Waals surface area contributed by atoms with Gasteiger partial charge in [0.1, 0.15) is 5.01 Å². The number of nitrogens with zero attached hydrogens (tertiary/aromatic N) is 4. The molecule has 0 aliphatic carbocycles. The molecule has 6 nitrogen and oxygen atoms in total. The number of anilines is 1. The Morgan fingerprint density at radius 1 is 1.47 bits per heavy atom. The first kappa shape index (κ1) is 12.7. The number of likely N-dealkylation sites (tertiary alicyclic amines) is 1. The number of rotatable bonds is 4. The maximum Gasteiger partial charge on any atom is 0.219 e. The van der Waals surface area contributed by atoms with Crippen LogP contribution in [0.3, 0.4) is 0 Å². The van der Waals surface area contributed by atoms with Gasteiger partial charge >= 0.3 is 0 Å². The van der Waals surface area contributed by atoms with E-state index >= 15 is 0 Å². The lowest BCUT2D eigenvalue weighted by molar-refractivity contribution is 0.139. The van der Waals surface area contributed by atoms with Gasteiger partial charge in [-0.1, -0.05) is 11.3 Å². The normalized spacial score (nSPS) is 18.8.